The topological polar surface area (TPSA) is 82.2 Å². The Morgan fingerprint density at radius 3 is 2.38 bits per heavy atom. The van der Waals surface area contributed by atoms with Gasteiger partial charge in [0.05, 0.1) is 6.10 Å². The van der Waals surface area contributed by atoms with Gasteiger partial charge in [0.15, 0.2) is 5.78 Å². The van der Waals surface area contributed by atoms with Crippen LogP contribution in [0.15, 0.2) is 24.3 Å². The molecule has 214 valence electrons. The summed E-state index contributed by atoms with van der Waals surface area (Å²) in [7, 11) is 0. The van der Waals surface area contributed by atoms with Crippen molar-refractivity contribution in [3.05, 3.63) is 29.8 Å². The van der Waals surface area contributed by atoms with Crippen molar-refractivity contribution in [2.75, 3.05) is 50.8 Å². The lowest BCUT2D eigenvalue weighted by Gasteiger charge is -2.36. The summed E-state index contributed by atoms with van der Waals surface area (Å²) in [6.45, 7) is 10.2. The number of carbonyl (C=O) groups excluding carboxylic acids is 3. The minimum absolute atomic E-state index is 0.00760. The Morgan fingerprint density at radius 2 is 1.72 bits per heavy atom. The van der Waals surface area contributed by atoms with Gasteiger partial charge in [-0.2, -0.15) is 0 Å². The molecule has 3 saturated heterocycles. The Bertz CT molecular complexity index is 1000. The minimum atomic E-state index is -0.612. The van der Waals surface area contributed by atoms with Crippen LogP contribution < -0.4 is 10.2 Å². The number of benzene rings is 1. The van der Waals surface area contributed by atoms with E-state index < -0.39 is 12.1 Å². The van der Waals surface area contributed by atoms with Gasteiger partial charge in [0.2, 0.25) is 5.91 Å². The second-order valence-electron chi connectivity index (χ2n) is 12.0. The van der Waals surface area contributed by atoms with E-state index in [1.54, 1.807) is 4.90 Å². The largest absolute Gasteiger partial charge is 0.369 e. The fraction of sp³-hybridized carbons (Fsp3) is 0.710. The first-order valence-corrected chi connectivity index (χ1v) is 15.3. The zero-order chi connectivity index (χ0) is 27.4. The lowest BCUT2D eigenvalue weighted by atomic mass is 9.83. The first-order valence-electron chi connectivity index (χ1n) is 15.3. The lowest BCUT2D eigenvalue weighted by molar-refractivity contribution is -0.139. The van der Waals surface area contributed by atoms with Crippen molar-refractivity contribution in [2.45, 2.75) is 83.4 Å². The van der Waals surface area contributed by atoms with Crippen molar-refractivity contribution in [3.63, 3.8) is 0 Å². The van der Waals surface area contributed by atoms with Crippen LogP contribution in [0.3, 0.4) is 0 Å². The van der Waals surface area contributed by atoms with E-state index in [0.29, 0.717) is 12.1 Å². The average Bonchev–Trinajstić information content (AvgIpc) is 3.53. The summed E-state index contributed by atoms with van der Waals surface area (Å²) in [5.74, 6) is -0.0614. The number of nitrogens with one attached hydrogen (secondary N) is 1. The zero-order valence-electron chi connectivity index (χ0n) is 23.8. The van der Waals surface area contributed by atoms with Crippen LogP contribution in [-0.4, -0.2) is 91.5 Å². The molecule has 0 spiro atoms. The molecular formula is C31H46N4O4. The standard InChI is InChI=1S/C31H46N4O4/c1-3-8-24-20-35(28-26(36)21-39-29(24)28)31(38)27(22-9-6-5-7-10-22)32-30(37)23-11-13-25(14-12-23)34-18-16-33(15-4-2)17-19-34/h11-14,22,24,27-29H,3-10,15-21H2,1-2H3,(H,32,37)/t24-,27+,28-,29-/m1/s1. The number of Topliss-reactive ketones (excluding diaryl/α,β-unsaturated/α-hetero) is 1. The molecule has 1 aliphatic carbocycles. The van der Waals surface area contributed by atoms with Crippen LogP contribution in [0, 0.1) is 11.8 Å². The molecule has 2 amide bonds. The van der Waals surface area contributed by atoms with Crippen LogP contribution in [0.2, 0.25) is 0 Å². The Hall–Kier alpha value is -2.45. The number of piperazine rings is 1. The summed E-state index contributed by atoms with van der Waals surface area (Å²) in [4.78, 5) is 46.9. The van der Waals surface area contributed by atoms with E-state index in [2.05, 4.69) is 29.0 Å². The monoisotopic (exact) mass is 538 g/mol. The SMILES string of the molecule is CCC[C@@H]1CN(C(=O)[C@@H](NC(=O)c2ccc(N3CCN(CCC)CC3)cc2)C2CCCCC2)[C@@H]2C(=O)CO[C@H]12. The summed E-state index contributed by atoms with van der Waals surface area (Å²) in [6.07, 6.45) is 8.03. The summed E-state index contributed by atoms with van der Waals surface area (Å²) >= 11 is 0. The minimum Gasteiger partial charge on any atom is -0.369 e. The molecule has 3 heterocycles. The summed E-state index contributed by atoms with van der Waals surface area (Å²) in [6, 6.07) is 6.69. The molecule has 4 aliphatic rings. The molecule has 5 rings (SSSR count). The highest BCUT2D eigenvalue weighted by Crippen LogP contribution is 2.36. The van der Waals surface area contributed by atoms with Gasteiger partial charge in [-0.15, -0.1) is 0 Å². The molecule has 0 bridgehead atoms. The van der Waals surface area contributed by atoms with E-state index in [0.717, 1.165) is 76.9 Å². The van der Waals surface area contributed by atoms with Crippen molar-refractivity contribution >= 4 is 23.3 Å². The smallest absolute Gasteiger partial charge is 0.251 e. The van der Waals surface area contributed by atoms with E-state index in [1.807, 2.05) is 24.3 Å². The van der Waals surface area contributed by atoms with Gasteiger partial charge in [0, 0.05) is 49.9 Å². The molecular weight excluding hydrogens is 492 g/mol. The second-order valence-corrected chi connectivity index (χ2v) is 12.0. The van der Waals surface area contributed by atoms with E-state index in [9.17, 15) is 14.4 Å². The van der Waals surface area contributed by atoms with Crippen LogP contribution in [-0.2, 0) is 14.3 Å². The number of carbonyl (C=O) groups is 3. The molecule has 1 saturated carbocycles. The third-order valence-corrected chi connectivity index (χ3v) is 9.31. The van der Waals surface area contributed by atoms with Crippen LogP contribution in [0.4, 0.5) is 5.69 Å². The third-order valence-electron chi connectivity index (χ3n) is 9.31. The van der Waals surface area contributed by atoms with Gasteiger partial charge in [-0.1, -0.05) is 39.5 Å². The number of hydrogen-bond donors (Lipinski definition) is 1. The van der Waals surface area contributed by atoms with Crippen molar-refractivity contribution < 1.29 is 19.1 Å². The highest BCUT2D eigenvalue weighted by Gasteiger charge is 2.53. The van der Waals surface area contributed by atoms with E-state index >= 15 is 0 Å². The molecule has 39 heavy (non-hydrogen) atoms. The van der Waals surface area contributed by atoms with Crippen molar-refractivity contribution in [1.82, 2.24) is 15.1 Å². The normalized spacial score (nSPS) is 27.0. The molecule has 0 radical (unpaired) electrons. The van der Waals surface area contributed by atoms with Crippen molar-refractivity contribution in [1.29, 1.82) is 0 Å². The van der Waals surface area contributed by atoms with Crippen molar-refractivity contribution in [3.8, 4) is 0 Å². The van der Waals surface area contributed by atoms with Gasteiger partial charge < -0.3 is 19.9 Å². The van der Waals surface area contributed by atoms with Crippen LogP contribution >= 0.6 is 0 Å². The molecule has 4 atom stereocenters. The number of ether oxygens (including phenoxy) is 1. The molecule has 8 nitrogen and oxygen atoms in total. The van der Waals surface area contributed by atoms with Gasteiger partial charge in [0.25, 0.3) is 5.91 Å². The number of hydrogen-bond acceptors (Lipinski definition) is 6. The van der Waals surface area contributed by atoms with Crippen LogP contribution in [0.25, 0.3) is 0 Å². The molecule has 3 aliphatic heterocycles. The summed E-state index contributed by atoms with van der Waals surface area (Å²) in [5, 5.41) is 3.14. The fourth-order valence-electron chi connectivity index (χ4n) is 7.23. The Kier molecular flexibility index (Phi) is 9.23. The predicted octanol–water partition coefficient (Wildman–Crippen LogP) is 3.49. The molecule has 1 aromatic rings. The number of anilines is 1. The highest BCUT2D eigenvalue weighted by molar-refractivity contribution is 5.99. The molecule has 4 fully saturated rings. The second kappa shape index (κ2) is 12.8. The van der Waals surface area contributed by atoms with Gasteiger partial charge in [-0.05, 0) is 62.4 Å². The maximum absolute atomic E-state index is 14.1. The number of amides is 2. The van der Waals surface area contributed by atoms with Gasteiger partial charge in [-0.25, -0.2) is 0 Å². The lowest BCUT2D eigenvalue weighted by Crippen LogP contribution is -2.55. The number of fused-ring (bicyclic) bond motifs is 1. The number of ketones is 1. The summed E-state index contributed by atoms with van der Waals surface area (Å²) < 4.78 is 5.85. The number of nitrogens with zero attached hydrogens (tertiary/aromatic N) is 3. The number of rotatable bonds is 9. The molecule has 1 aromatic carbocycles. The van der Waals surface area contributed by atoms with E-state index in [1.165, 1.54) is 12.8 Å². The first kappa shape index (κ1) is 28.1. The molecule has 0 aromatic heterocycles. The summed E-state index contributed by atoms with van der Waals surface area (Å²) in [5.41, 5.74) is 1.70. The molecule has 0 unspecified atom stereocenters. The Morgan fingerprint density at radius 1 is 1.00 bits per heavy atom. The molecule has 8 heteroatoms. The van der Waals surface area contributed by atoms with Gasteiger partial charge in [0.1, 0.15) is 18.7 Å². The van der Waals surface area contributed by atoms with E-state index in [-0.39, 0.29) is 42.1 Å². The third kappa shape index (κ3) is 6.17. The van der Waals surface area contributed by atoms with Crippen molar-refractivity contribution in [2.24, 2.45) is 11.8 Å². The Labute approximate surface area is 233 Å². The first-order chi connectivity index (χ1) is 19.0. The van der Waals surface area contributed by atoms with Gasteiger partial charge in [-0.3, -0.25) is 19.3 Å². The van der Waals surface area contributed by atoms with Gasteiger partial charge >= 0.3 is 0 Å². The average molecular weight is 539 g/mol. The quantitative estimate of drug-likeness (QED) is 0.518. The van der Waals surface area contributed by atoms with Crippen LogP contribution in [0.1, 0.15) is 75.6 Å². The Balaban J connectivity index is 1.28. The maximum atomic E-state index is 14.1. The maximum Gasteiger partial charge on any atom is 0.251 e. The molecule has 1 N–H and O–H groups in total. The number of likely N-dealkylation sites (tertiary alicyclic amines) is 1. The zero-order valence-corrected chi connectivity index (χ0v) is 23.8. The predicted molar refractivity (Wildman–Crippen MR) is 152 cm³/mol. The fourth-order valence-corrected chi connectivity index (χ4v) is 7.23. The van der Waals surface area contributed by atoms with Crippen LogP contribution in [0.5, 0.6) is 0 Å². The van der Waals surface area contributed by atoms with E-state index in [4.69, 9.17) is 4.74 Å². The highest BCUT2D eigenvalue weighted by atomic mass is 16.5.